The third kappa shape index (κ3) is 5.70. The summed E-state index contributed by atoms with van der Waals surface area (Å²) >= 11 is 1.25. The van der Waals surface area contributed by atoms with Gasteiger partial charge in [-0.3, -0.25) is 19.7 Å². The summed E-state index contributed by atoms with van der Waals surface area (Å²) in [6.07, 6.45) is 0. The molecule has 0 saturated heterocycles. The number of nitrogens with one attached hydrogen (secondary N) is 2. The molecule has 0 radical (unpaired) electrons. The summed E-state index contributed by atoms with van der Waals surface area (Å²) in [6, 6.07) is 13.0. The molecule has 0 aliphatic heterocycles. The molecule has 0 saturated carbocycles. The van der Waals surface area contributed by atoms with Crippen molar-refractivity contribution in [1.82, 2.24) is 20.1 Å². The second kappa shape index (κ2) is 10.5. The summed E-state index contributed by atoms with van der Waals surface area (Å²) in [7, 11) is 0. The summed E-state index contributed by atoms with van der Waals surface area (Å²) in [6.45, 7) is 4.48. The Kier molecular flexibility index (Phi) is 7.55. The predicted molar refractivity (Wildman–Crippen MR) is 120 cm³/mol. The van der Waals surface area contributed by atoms with Crippen LogP contribution in [-0.2, 0) is 17.9 Å². The van der Waals surface area contributed by atoms with Gasteiger partial charge in [0.25, 0.3) is 11.6 Å². The molecule has 32 heavy (non-hydrogen) atoms. The standard InChI is InChI=1S/C21H22N6O4S/c1-3-26-18(12-22-20(29)15-8-6-9-16(11-15)27(30)31)24-25-21(26)32-13-19(28)23-17-10-5-4-7-14(17)2/h4-11H,3,12-13H2,1-2H3,(H,22,29)(H,23,28). The number of thioether (sulfide) groups is 1. The molecule has 0 unspecified atom stereocenters. The van der Waals surface area contributed by atoms with Crippen LogP contribution in [0.1, 0.15) is 28.7 Å². The molecule has 0 aliphatic carbocycles. The first-order chi connectivity index (χ1) is 15.4. The number of nitro benzene ring substituents is 1. The van der Waals surface area contributed by atoms with Crippen molar-refractivity contribution in [3.8, 4) is 0 Å². The maximum atomic E-state index is 12.4. The van der Waals surface area contributed by atoms with E-state index in [-0.39, 0.29) is 29.5 Å². The van der Waals surface area contributed by atoms with Crippen molar-refractivity contribution < 1.29 is 14.5 Å². The molecule has 0 aliphatic rings. The molecule has 10 nitrogen and oxygen atoms in total. The van der Waals surface area contributed by atoms with Gasteiger partial charge in [-0.15, -0.1) is 10.2 Å². The third-order valence-corrected chi connectivity index (χ3v) is 5.55. The van der Waals surface area contributed by atoms with E-state index in [0.29, 0.717) is 17.5 Å². The number of carbonyl (C=O) groups is 2. The van der Waals surface area contributed by atoms with Crippen LogP contribution < -0.4 is 10.6 Å². The zero-order valence-corrected chi connectivity index (χ0v) is 18.4. The lowest BCUT2D eigenvalue weighted by Crippen LogP contribution is -2.25. The van der Waals surface area contributed by atoms with Crippen LogP contribution in [0.15, 0.2) is 53.7 Å². The number of non-ortho nitro benzene ring substituents is 1. The number of amides is 2. The minimum absolute atomic E-state index is 0.0956. The Morgan fingerprint density at radius 1 is 1.16 bits per heavy atom. The highest BCUT2D eigenvalue weighted by Crippen LogP contribution is 2.19. The van der Waals surface area contributed by atoms with Crippen molar-refractivity contribution in [3.05, 3.63) is 75.6 Å². The highest BCUT2D eigenvalue weighted by Gasteiger charge is 2.16. The molecule has 1 aromatic heterocycles. The number of para-hydroxylation sites is 1. The second-order valence-corrected chi connectivity index (χ2v) is 7.73. The number of carbonyl (C=O) groups excluding carboxylic acids is 2. The molecule has 3 rings (SSSR count). The van der Waals surface area contributed by atoms with E-state index >= 15 is 0 Å². The lowest BCUT2D eigenvalue weighted by atomic mass is 10.2. The minimum Gasteiger partial charge on any atom is -0.345 e. The highest BCUT2D eigenvalue weighted by molar-refractivity contribution is 7.99. The van der Waals surface area contributed by atoms with Gasteiger partial charge in [0.1, 0.15) is 0 Å². The first-order valence-electron chi connectivity index (χ1n) is 9.82. The van der Waals surface area contributed by atoms with E-state index in [4.69, 9.17) is 0 Å². The summed E-state index contributed by atoms with van der Waals surface area (Å²) < 4.78 is 1.80. The van der Waals surface area contributed by atoms with Gasteiger partial charge in [0.15, 0.2) is 11.0 Å². The van der Waals surface area contributed by atoms with Crippen LogP contribution in [0.4, 0.5) is 11.4 Å². The summed E-state index contributed by atoms with van der Waals surface area (Å²) in [5.41, 5.74) is 1.77. The number of rotatable bonds is 9. The maximum absolute atomic E-state index is 12.4. The molecule has 2 amide bonds. The molecule has 3 aromatic rings. The van der Waals surface area contributed by atoms with E-state index < -0.39 is 10.8 Å². The Balaban J connectivity index is 1.59. The summed E-state index contributed by atoms with van der Waals surface area (Å²) in [5, 5.41) is 25.3. The summed E-state index contributed by atoms with van der Waals surface area (Å²) in [5.74, 6) is 0.0710. The third-order valence-electron chi connectivity index (χ3n) is 4.59. The number of aromatic nitrogens is 3. The molecule has 0 spiro atoms. The fourth-order valence-corrected chi connectivity index (χ4v) is 3.75. The van der Waals surface area contributed by atoms with Crippen molar-refractivity contribution in [3.63, 3.8) is 0 Å². The van der Waals surface area contributed by atoms with Crippen LogP contribution in [0.5, 0.6) is 0 Å². The van der Waals surface area contributed by atoms with Crippen molar-refractivity contribution in [2.24, 2.45) is 0 Å². The Morgan fingerprint density at radius 3 is 2.66 bits per heavy atom. The van der Waals surface area contributed by atoms with Crippen LogP contribution in [0.3, 0.4) is 0 Å². The smallest absolute Gasteiger partial charge is 0.270 e. The topological polar surface area (TPSA) is 132 Å². The Labute approximate surface area is 188 Å². The Hall–Kier alpha value is -3.73. The fourth-order valence-electron chi connectivity index (χ4n) is 2.93. The molecule has 0 atom stereocenters. The second-order valence-electron chi connectivity index (χ2n) is 6.78. The number of nitrogens with zero attached hydrogens (tertiary/aromatic N) is 4. The zero-order chi connectivity index (χ0) is 23.1. The average molecular weight is 455 g/mol. The van der Waals surface area contributed by atoms with Crippen LogP contribution in [0.25, 0.3) is 0 Å². The van der Waals surface area contributed by atoms with E-state index in [9.17, 15) is 19.7 Å². The Morgan fingerprint density at radius 2 is 1.94 bits per heavy atom. The van der Waals surface area contributed by atoms with Gasteiger partial charge in [0.05, 0.1) is 17.2 Å². The summed E-state index contributed by atoms with van der Waals surface area (Å²) in [4.78, 5) is 35.0. The van der Waals surface area contributed by atoms with Gasteiger partial charge < -0.3 is 15.2 Å². The molecule has 2 aromatic carbocycles. The number of aryl methyl sites for hydroxylation is 1. The van der Waals surface area contributed by atoms with Crippen molar-refractivity contribution in [1.29, 1.82) is 0 Å². The largest absolute Gasteiger partial charge is 0.345 e. The lowest BCUT2D eigenvalue weighted by Gasteiger charge is -2.09. The normalized spacial score (nSPS) is 10.6. The average Bonchev–Trinajstić information content (AvgIpc) is 3.19. The van der Waals surface area contributed by atoms with Crippen molar-refractivity contribution in [2.45, 2.75) is 32.1 Å². The van der Waals surface area contributed by atoms with Crippen LogP contribution in [0.2, 0.25) is 0 Å². The maximum Gasteiger partial charge on any atom is 0.270 e. The molecular weight excluding hydrogens is 432 g/mol. The van der Waals surface area contributed by atoms with Gasteiger partial charge in [-0.05, 0) is 31.5 Å². The van der Waals surface area contributed by atoms with Crippen LogP contribution >= 0.6 is 11.8 Å². The van der Waals surface area contributed by atoms with E-state index in [1.54, 1.807) is 4.57 Å². The molecule has 0 bridgehead atoms. The van der Waals surface area contributed by atoms with Crippen LogP contribution in [-0.4, -0.2) is 37.3 Å². The monoisotopic (exact) mass is 454 g/mol. The first kappa shape index (κ1) is 22.9. The Bertz CT molecular complexity index is 1150. The fraction of sp³-hybridized carbons (Fsp3) is 0.238. The SMILES string of the molecule is CCn1c(CNC(=O)c2cccc([N+](=O)[O-])c2)nnc1SCC(=O)Nc1ccccc1C. The van der Waals surface area contributed by atoms with Crippen molar-refractivity contribution in [2.75, 3.05) is 11.1 Å². The van der Waals surface area contributed by atoms with Gasteiger partial charge in [0.2, 0.25) is 5.91 Å². The van der Waals surface area contributed by atoms with E-state index in [1.807, 2.05) is 38.1 Å². The number of hydrogen-bond donors (Lipinski definition) is 2. The van der Waals surface area contributed by atoms with Gasteiger partial charge in [-0.25, -0.2) is 0 Å². The van der Waals surface area contributed by atoms with Gasteiger partial charge in [-0.1, -0.05) is 36.0 Å². The predicted octanol–water partition coefficient (Wildman–Crippen LogP) is 3.18. The number of benzene rings is 2. The van der Waals surface area contributed by atoms with Gasteiger partial charge >= 0.3 is 0 Å². The van der Waals surface area contributed by atoms with Crippen LogP contribution in [0, 0.1) is 17.0 Å². The lowest BCUT2D eigenvalue weighted by molar-refractivity contribution is -0.384. The number of hydrogen-bond acceptors (Lipinski definition) is 7. The first-order valence-corrected chi connectivity index (χ1v) is 10.8. The van der Waals surface area contributed by atoms with Gasteiger partial charge in [0, 0.05) is 29.9 Å². The molecule has 166 valence electrons. The molecule has 2 N–H and O–H groups in total. The zero-order valence-electron chi connectivity index (χ0n) is 17.6. The molecule has 11 heteroatoms. The molecule has 1 heterocycles. The molecule has 0 fully saturated rings. The number of nitro groups is 1. The minimum atomic E-state index is -0.552. The molecular formula is C21H22N6O4S. The van der Waals surface area contributed by atoms with Gasteiger partial charge in [-0.2, -0.15) is 0 Å². The van der Waals surface area contributed by atoms with Crippen molar-refractivity contribution >= 4 is 35.0 Å². The van der Waals surface area contributed by atoms with E-state index in [0.717, 1.165) is 11.3 Å². The van der Waals surface area contributed by atoms with E-state index in [1.165, 1.54) is 36.0 Å². The number of anilines is 1. The quantitative estimate of drug-likeness (QED) is 0.288. The van der Waals surface area contributed by atoms with E-state index in [2.05, 4.69) is 20.8 Å². The highest BCUT2D eigenvalue weighted by atomic mass is 32.2.